The molecule has 0 saturated carbocycles. The maximum atomic E-state index is 13.1. The molecule has 0 aliphatic heterocycles. The van der Waals surface area contributed by atoms with Gasteiger partial charge in [0.05, 0.1) is 5.60 Å². The zero-order valence-corrected chi connectivity index (χ0v) is 9.26. The second-order valence-electron chi connectivity index (χ2n) is 4.06. The highest BCUT2D eigenvalue weighted by atomic mass is 19.1. The number of allylic oxidation sites excluding steroid dienone is 1. The van der Waals surface area contributed by atoms with E-state index in [1.807, 2.05) is 6.92 Å². The summed E-state index contributed by atoms with van der Waals surface area (Å²) >= 11 is 0. The minimum absolute atomic E-state index is 0.311. The van der Waals surface area contributed by atoms with E-state index in [-0.39, 0.29) is 5.82 Å². The average Bonchev–Trinajstić information content (AvgIpc) is 2.18. The van der Waals surface area contributed by atoms with Crippen LogP contribution in [0.25, 0.3) is 0 Å². The molecule has 1 unspecified atom stereocenters. The molecule has 0 saturated heterocycles. The first kappa shape index (κ1) is 11.9. The highest BCUT2D eigenvalue weighted by Crippen LogP contribution is 2.29. The maximum absolute atomic E-state index is 13.1. The first-order valence-electron chi connectivity index (χ1n) is 5.07. The van der Waals surface area contributed by atoms with Gasteiger partial charge in [-0.05, 0) is 49.9 Å². The highest BCUT2D eigenvalue weighted by Gasteiger charge is 2.24. The number of hydrogen-bond donors (Lipinski definition) is 1. The zero-order chi connectivity index (χ0) is 11.5. The lowest BCUT2D eigenvalue weighted by Gasteiger charge is -2.25. The van der Waals surface area contributed by atoms with Crippen LogP contribution in [-0.2, 0) is 5.60 Å². The third-order valence-electron chi connectivity index (χ3n) is 2.62. The Kier molecular flexibility index (Phi) is 3.64. The molecule has 1 atom stereocenters. The predicted octanol–water partition coefficient (Wildman–Crippen LogP) is 3.31. The van der Waals surface area contributed by atoms with E-state index in [4.69, 9.17) is 0 Å². The molecule has 0 aliphatic carbocycles. The van der Waals surface area contributed by atoms with Crippen molar-refractivity contribution in [2.45, 2.75) is 32.3 Å². The second-order valence-corrected chi connectivity index (χ2v) is 4.06. The van der Waals surface area contributed by atoms with Gasteiger partial charge >= 0.3 is 0 Å². The van der Waals surface area contributed by atoms with Crippen molar-refractivity contribution in [1.29, 1.82) is 0 Å². The van der Waals surface area contributed by atoms with Crippen LogP contribution in [0.5, 0.6) is 0 Å². The Labute approximate surface area is 90.3 Å². The van der Waals surface area contributed by atoms with Gasteiger partial charge in [0.15, 0.2) is 0 Å². The second kappa shape index (κ2) is 4.58. The van der Waals surface area contributed by atoms with Crippen LogP contribution < -0.4 is 0 Å². The lowest BCUT2D eigenvalue weighted by molar-refractivity contribution is 0.0478. The van der Waals surface area contributed by atoms with E-state index in [1.54, 1.807) is 19.1 Å². The van der Waals surface area contributed by atoms with E-state index in [1.165, 1.54) is 12.1 Å². The Morgan fingerprint density at radius 2 is 2.20 bits per heavy atom. The molecule has 0 bridgehead atoms. The molecule has 2 heteroatoms. The lowest BCUT2D eigenvalue weighted by atomic mass is 9.88. The van der Waals surface area contributed by atoms with E-state index < -0.39 is 5.60 Å². The Bertz CT molecular complexity index is 356. The van der Waals surface area contributed by atoms with E-state index >= 15 is 0 Å². The molecule has 82 valence electrons. The van der Waals surface area contributed by atoms with Gasteiger partial charge in [0.1, 0.15) is 5.82 Å². The summed E-state index contributed by atoms with van der Waals surface area (Å²) in [5, 5.41) is 10.2. The molecular weight excluding hydrogens is 191 g/mol. The molecule has 0 aliphatic rings. The third kappa shape index (κ3) is 2.90. The van der Waals surface area contributed by atoms with Gasteiger partial charge in [-0.15, -0.1) is 6.58 Å². The molecule has 1 rings (SSSR count). The molecule has 0 spiro atoms. The molecule has 0 heterocycles. The van der Waals surface area contributed by atoms with Crippen LogP contribution in [-0.4, -0.2) is 5.11 Å². The Morgan fingerprint density at radius 3 is 2.80 bits per heavy atom. The quantitative estimate of drug-likeness (QED) is 0.753. The molecular formula is C13H17FO. The van der Waals surface area contributed by atoms with Gasteiger partial charge in [-0.2, -0.15) is 0 Å². The summed E-state index contributed by atoms with van der Waals surface area (Å²) in [6.45, 7) is 7.19. The maximum Gasteiger partial charge on any atom is 0.123 e. The topological polar surface area (TPSA) is 20.2 Å². The smallest absolute Gasteiger partial charge is 0.123 e. The number of aryl methyl sites for hydroxylation is 1. The van der Waals surface area contributed by atoms with Gasteiger partial charge in [0, 0.05) is 0 Å². The molecule has 15 heavy (non-hydrogen) atoms. The van der Waals surface area contributed by atoms with Crippen molar-refractivity contribution >= 4 is 0 Å². The fourth-order valence-electron chi connectivity index (χ4n) is 1.69. The van der Waals surface area contributed by atoms with Crippen LogP contribution >= 0.6 is 0 Å². The molecule has 1 N–H and O–H groups in total. The summed E-state index contributed by atoms with van der Waals surface area (Å²) < 4.78 is 13.1. The molecule has 0 radical (unpaired) electrons. The molecule has 0 amide bonds. The summed E-state index contributed by atoms with van der Waals surface area (Å²) in [6.07, 6.45) is 3.02. The monoisotopic (exact) mass is 208 g/mol. The van der Waals surface area contributed by atoms with E-state index in [9.17, 15) is 9.50 Å². The third-order valence-corrected chi connectivity index (χ3v) is 2.62. The highest BCUT2D eigenvalue weighted by molar-refractivity contribution is 5.31. The minimum Gasteiger partial charge on any atom is -0.385 e. The standard InChI is InChI=1S/C13H17FO/c1-4-5-8-13(3,15)12-9-11(14)7-6-10(12)2/h4,6-7,9,15H,1,5,8H2,2-3H3. The Balaban J connectivity index is 3.02. The summed E-state index contributed by atoms with van der Waals surface area (Å²) in [5.41, 5.74) is 0.579. The van der Waals surface area contributed by atoms with Gasteiger partial charge in [-0.1, -0.05) is 12.1 Å². The van der Waals surface area contributed by atoms with E-state index in [0.717, 1.165) is 5.56 Å². The van der Waals surface area contributed by atoms with Crippen molar-refractivity contribution in [3.8, 4) is 0 Å². The predicted molar refractivity (Wildman–Crippen MR) is 60.1 cm³/mol. The van der Waals surface area contributed by atoms with Crippen molar-refractivity contribution < 1.29 is 9.50 Å². The van der Waals surface area contributed by atoms with Crippen molar-refractivity contribution in [2.75, 3.05) is 0 Å². The zero-order valence-electron chi connectivity index (χ0n) is 9.26. The van der Waals surface area contributed by atoms with Crippen molar-refractivity contribution in [3.63, 3.8) is 0 Å². The van der Waals surface area contributed by atoms with Crippen LogP contribution in [0.3, 0.4) is 0 Å². The first-order chi connectivity index (χ1) is 6.97. The molecule has 1 aromatic carbocycles. The van der Waals surface area contributed by atoms with Crippen LogP contribution in [0, 0.1) is 12.7 Å². The van der Waals surface area contributed by atoms with E-state index in [0.29, 0.717) is 18.4 Å². The van der Waals surface area contributed by atoms with Crippen molar-refractivity contribution in [2.24, 2.45) is 0 Å². The lowest BCUT2D eigenvalue weighted by Crippen LogP contribution is -2.22. The van der Waals surface area contributed by atoms with Crippen LogP contribution in [0.1, 0.15) is 30.9 Å². The summed E-state index contributed by atoms with van der Waals surface area (Å²) in [5.74, 6) is -0.311. The number of halogens is 1. The fourth-order valence-corrected chi connectivity index (χ4v) is 1.69. The SMILES string of the molecule is C=CCCC(C)(O)c1cc(F)ccc1C. The molecule has 1 aromatic rings. The summed E-state index contributed by atoms with van der Waals surface area (Å²) in [7, 11) is 0. The average molecular weight is 208 g/mol. The normalized spacial score (nSPS) is 14.7. The number of hydrogen-bond acceptors (Lipinski definition) is 1. The fraction of sp³-hybridized carbons (Fsp3) is 0.385. The summed E-state index contributed by atoms with van der Waals surface area (Å²) in [6, 6.07) is 4.49. The van der Waals surface area contributed by atoms with Crippen molar-refractivity contribution in [1.82, 2.24) is 0 Å². The van der Waals surface area contributed by atoms with Gasteiger partial charge in [0.2, 0.25) is 0 Å². The van der Waals surface area contributed by atoms with E-state index in [2.05, 4.69) is 6.58 Å². The number of benzene rings is 1. The minimum atomic E-state index is -0.986. The molecule has 0 aromatic heterocycles. The molecule has 0 fully saturated rings. The van der Waals surface area contributed by atoms with Crippen LogP contribution in [0.2, 0.25) is 0 Å². The number of rotatable bonds is 4. The summed E-state index contributed by atoms with van der Waals surface area (Å²) in [4.78, 5) is 0. The molecule has 1 nitrogen and oxygen atoms in total. The van der Waals surface area contributed by atoms with Gasteiger partial charge in [-0.25, -0.2) is 4.39 Å². The van der Waals surface area contributed by atoms with Crippen LogP contribution in [0.4, 0.5) is 4.39 Å². The van der Waals surface area contributed by atoms with Gasteiger partial charge in [0.25, 0.3) is 0 Å². The van der Waals surface area contributed by atoms with Crippen molar-refractivity contribution in [3.05, 3.63) is 47.8 Å². The van der Waals surface area contributed by atoms with Gasteiger partial charge < -0.3 is 5.11 Å². The Morgan fingerprint density at radius 1 is 1.53 bits per heavy atom. The number of aliphatic hydroxyl groups is 1. The first-order valence-corrected chi connectivity index (χ1v) is 5.07. The largest absolute Gasteiger partial charge is 0.385 e. The van der Waals surface area contributed by atoms with Gasteiger partial charge in [-0.3, -0.25) is 0 Å². The van der Waals surface area contributed by atoms with Crippen LogP contribution in [0.15, 0.2) is 30.9 Å². The Hall–Kier alpha value is -1.15.